The highest BCUT2D eigenvalue weighted by Crippen LogP contribution is 2.26. The molecule has 0 heterocycles. The third-order valence-electron chi connectivity index (χ3n) is 4.36. The average molecular weight is 298 g/mol. The lowest BCUT2D eigenvalue weighted by Crippen LogP contribution is -2.43. The highest BCUT2D eigenvalue weighted by atomic mass is 16.4. The van der Waals surface area contributed by atoms with E-state index in [-0.39, 0.29) is 12.5 Å². The molecule has 0 aromatic rings. The minimum absolute atomic E-state index is 0.0551. The molecule has 1 aliphatic rings. The molecule has 1 rings (SSSR count). The summed E-state index contributed by atoms with van der Waals surface area (Å²) in [6.07, 6.45) is 9.66. The molecule has 3 N–H and O–H groups in total. The molecule has 0 saturated heterocycles. The van der Waals surface area contributed by atoms with Crippen LogP contribution in [0, 0.1) is 5.92 Å². The van der Waals surface area contributed by atoms with Gasteiger partial charge in [-0.1, -0.05) is 26.2 Å². The van der Waals surface area contributed by atoms with E-state index in [4.69, 9.17) is 5.11 Å². The summed E-state index contributed by atoms with van der Waals surface area (Å²) in [5.41, 5.74) is 0. The summed E-state index contributed by atoms with van der Waals surface area (Å²) in [7, 11) is 0. The Labute approximate surface area is 127 Å². The summed E-state index contributed by atoms with van der Waals surface area (Å²) in [6, 6.07) is 0.281. The van der Waals surface area contributed by atoms with Crippen LogP contribution in [0.2, 0.25) is 0 Å². The average Bonchev–Trinajstić information content (AvgIpc) is 2.46. The van der Waals surface area contributed by atoms with E-state index in [2.05, 4.69) is 17.6 Å². The number of carbonyl (C=O) groups is 2. The van der Waals surface area contributed by atoms with E-state index in [1.54, 1.807) is 0 Å². The summed E-state index contributed by atoms with van der Waals surface area (Å²) in [4.78, 5) is 22.1. The van der Waals surface area contributed by atoms with E-state index in [0.29, 0.717) is 12.6 Å². The molecule has 0 bridgehead atoms. The number of carboxylic acids is 1. The Morgan fingerprint density at radius 3 is 2.33 bits per heavy atom. The van der Waals surface area contributed by atoms with Crippen molar-refractivity contribution < 1.29 is 14.7 Å². The van der Waals surface area contributed by atoms with Gasteiger partial charge in [-0.3, -0.25) is 4.79 Å². The van der Waals surface area contributed by atoms with Gasteiger partial charge in [0.05, 0.1) is 0 Å². The SMILES string of the molecule is CCC1CCC(NC(=O)NCCCCCCC(=O)O)CC1. The van der Waals surface area contributed by atoms with Gasteiger partial charge in [0, 0.05) is 19.0 Å². The predicted octanol–water partition coefficient (Wildman–Crippen LogP) is 3.29. The van der Waals surface area contributed by atoms with Gasteiger partial charge in [0.15, 0.2) is 0 Å². The number of urea groups is 1. The van der Waals surface area contributed by atoms with Crippen LogP contribution in [0.3, 0.4) is 0 Å². The van der Waals surface area contributed by atoms with E-state index in [1.807, 2.05) is 0 Å². The Kier molecular flexibility index (Phi) is 8.87. The monoisotopic (exact) mass is 298 g/mol. The first-order chi connectivity index (χ1) is 10.1. The Balaban J connectivity index is 1.95. The van der Waals surface area contributed by atoms with Crippen LogP contribution in [0.25, 0.3) is 0 Å². The van der Waals surface area contributed by atoms with E-state index in [9.17, 15) is 9.59 Å². The second kappa shape index (κ2) is 10.5. The van der Waals surface area contributed by atoms with E-state index in [0.717, 1.165) is 44.4 Å². The minimum Gasteiger partial charge on any atom is -0.481 e. The van der Waals surface area contributed by atoms with Crippen molar-refractivity contribution in [3.8, 4) is 0 Å². The molecule has 21 heavy (non-hydrogen) atoms. The first kappa shape index (κ1) is 17.8. The van der Waals surface area contributed by atoms with Crippen LogP contribution >= 0.6 is 0 Å². The second-order valence-corrected chi connectivity index (χ2v) is 6.08. The lowest BCUT2D eigenvalue weighted by Gasteiger charge is -2.28. The van der Waals surface area contributed by atoms with Gasteiger partial charge in [0.2, 0.25) is 0 Å². The topological polar surface area (TPSA) is 78.4 Å². The van der Waals surface area contributed by atoms with Crippen molar-refractivity contribution in [3.63, 3.8) is 0 Å². The molecular formula is C16H30N2O3. The Morgan fingerprint density at radius 2 is 1.71 bits per heavy atom. The number of unbranched alkanes of at least 4 members (excludes halogenated alkanes) is 3. The molecule has 1 aliphatic carbocycles. The lowest BCUT2D eigenvalue weighted by atomic mass is 9.85. The van der Waals surface area contributed by atoms with Crippen LogP contribution in [-0.4, -0.2) is 29.7 Å². The molecule has 1 saturated carbocycles. The van der Waals surface area contributed by atoms with Crippen molar-refractivity contribution in [3.05, 3.63) is 0 Å². The van der Waals surface area contributed by atoms with E-state index >= 15 is 0 Å². The van der Waals surface area contributed by atoms with Gasteiger partial charge in [-0.15, -0.1) is 0 Å². The van der Waals surface area contributed by atoms with Crippen molar-refractivity contribution in [1.82, 2.24) is 10.6 Å². The van der Waals surface area contributed by atoms with Crippen LogP contribution < -0.4 is 10.6 Å². The standard InChI is InChI=1S/C16H30N2O3/c1-2-13-8-10-14(11-9-13)18-16(21)17-12-6-4-3-5-7-15(19)20/h13-14H,2-12H2,1H3,(H,19,20)(H2,17,18,21). The fourth-order valence-electron chi connectivity index (χ4n) is 2.91. The molecule has 2 amide bonds. The van der Waals surface area contributed by atoms with Crippen LogP contribution in [-0.2, 0) is 4.79 Å². The maximum atomic E-state index is 11.7. The predicted molar refractivity (Wildman–Crippen MR) is 83.3 cm³/mol. The van der Waals surface area contributed by atoms with Gasteiger partial charge in [-0.25, -0.2) is 4.79 Å². The molecule has 0 radical (unpaired) electrons. The maximum Gasteiger partial charge on any atom is 0.315 e. The van der Waals surface area contributed by atoms with E-state index < -0.39 is 5.97 Å². The number of hydrogen-bond acceptors (Lipinski definition) is 2. The number of hydrogen-bond donors (Lipinski definition) is 3. The lowest BCUT2D eigenvalue weighted by molar-refractivity contribution is -0.137. The Hall–Kier alpha value is -1.26. The highest BCUT2D eigenvalue weighted by Gasteiger charge is 2.20. The summed E-state index contributed by atoms with van der Waals surface area (Å²) in [5.74, 6) is 0.113. The quantitative estimate of drug-likeness (QED) is 0.571. The van der Waals surface area contributed by atoms with Crippen LogP contribution in [0.15, 0.2) is 0 Å². The number of amides is 2. The highest BCUT2D eigenvalue weighted by molar-refractivity contribution is 5.74. The fourth-order valence-corrected chi connectivity index (χ4v) is 2.91. The molecule has 0 atom stereocenters. The first-order valence-electron chi connectivity index (χ1n) is 8.38. The molecule has 5 heteroatoms. The Bertz CT molecular complexity index is 313. The van der Waals surface area contributed by atoms with Gasteiger partial charge in [0.25, 0.3) is 0 Å². The van der Waals surface area contributed by atoms with Gasteiger partial charge in [-0.2, -0.15) is 0 Å². The number of nitrogens with one attached hydrogen (secondary N) is 2. The summed E-state index contributed by atoms with van der Waals surface area (Å²) in [5, 5.41) is 14.5. The number of aliphatic carboxylic acids is 1. The molecule has 0 aromatic heterocycles. The van der Waals surface area contributed by atoms with Crippen molar-refractivity contribution >= 4 is 12.0 Å². The molecule has 0 spiro atoms. The summed E-state index contributed by atoms with van der Waals surface area (Å²) < 4.78 is 0. The van der Waals surface area contributed by atoms with Crippen LogP contribution in [0.5, 0.6) is 0 Å². The zero-order valence-electron chi connectivity index (χ0n) is 13.2. The first-order valence-corrected chi connectivity index (χ1v) is 8.38. The molecule has 122 valence electrons. The number of carbonyl (C=O) groups excluding carboxylic acids is 1. The zero-order chi connectivity index (χ0) is 15.5. The molecule has 0 aliphatic heterocycles. The largest absolute Gasteiger partial charge is 0.481 e. The molecule has 1 fully saturated rings. The molecular weight excluding hydrogens is 268 g/mol. The zero-order valence-corrected chi connectivity index (χ0v) is 13.2. The molecule has 5 nitrogen and oxygen atoms in total. The van der Waals surface area contributed by atoms with Gasteiger partial charge in [0.1, 0.15) is 0 Å². The van der Waals surface area contributed by atoms with Gasteiger partial charge in [-0.05, 0) is 44.4 Å². The normalized spacial score (nSPS) is 21.8. The van der Waals surface area contributed by atoms with Crippen molar-refractivity contribution in [2.45, 2.75) is 77.2 Å². The third kappa shape index (κ3) is 8.58. The van der Waals surface area contributed by atoms with Gasteiger partial charge >= 0.3 is 12.0 Å². The fraction of sp³-hybridized carbons (Fsp3) is 0.875. The van der Waals surface area contributed by atoms with E-state index in [1.165, 1.54) is 19.3 Å². The van der Waals surface area contributed by atoms with Crippen molar-refractivity contribution in [2.75, 3.05) is 6.54 Å². The molecule has 0 unspecified atom stereocenters. The maximum absolute atomic E-state index is 11.7. The smallest absolute Gasteiger partial charge is 0.315 e. The van der Waals surface area contributed by atoms with Crippen LogP contribution in [0.4, 0.5) is 4.79 Å². The number of rotatable bonds is 9. The molecule has 0 aromatic carbocycles. The van der Waals surface area contributed by atoms with Crippen LogP contribution in [0.1, 0.15) is 71.1 Å². The minimum atomic E-state index is -0.731. The third-order valence-corrected chi connectivity index (χ3v) is 4.36. The Morgan fingerprint density at radius 1 is 1.05 bits per heavy atom. The summed E-state index contributed by atoms with van der Waals surface area (Å²) >= 11 is 0. The van der Waals surface area contributed by atoms with Crippen molar-refractivity contribution in [2.24, 2.45) is 5.92 Å². The van der Waals surface area contributed by atoms with Crippen molar-refractivity contribution in [1.29, 1.82) is 0 Å². The van der Waals surface area contributed by atoms with Gasteiger partial charge < -0.3 is 15.7 Å². The summed E-state index contributed by atoms with van der Waals surface area (Å²) in [6.45, 7) is 2.91. The number of carboxylic acid groups (broad SMARTS) is 1. The second-order valence-electron chi connectivity index (χ2n) is 6.08.